The van der Waals surface area contributed by atoms with Crippen molar-refractivity contribution in [2.24, 2.45) is 5.16 Å². The van der Waals surface area contributed by atoms with Crippen LogP contribution in [0.5, 0.6) is 0 Å². The van der Waals surface area contributed by atoms with Gasteiger partial charge in [-0.2, -0.15) is 0 Å². The molecule has 0 aromatic heterocycles. The van der Waals surface area contributed by atoms with Gasteiger partial charge in [0.15, 0.2) is 0 Å². The van der Waals surface area contributed by atoms with Gasteiger partial charge in [-0.3, -0.25) is 0 Å². The first-order valence-electron chi connectivity index (χ1n) is 6.04. The summed E-state index contributed by atoms with van der Waals surface area (Å²) in [4.78, 5) is 0. The smallest absolute Gasteiger partial charge is 0.148 e. The average molecular weight is 273 g/mol. The normalized spacial score (nSPS) is 12.4. The zero-order chi connectivity index (χ0) is 13.7. The summed E-state index contributed by atoms with van der Waals surface area (Å²) in [6, 6.07) is 18.7. The van der Waals surface area contributed by atoms with Crippen LogP contribution in [0.3, 0.4) is 0 Å². The Balaban J connectivity index is 2.54. The van der Waals surface area contributed by atoms with Gasteiger partial charge in [0.25, 0.3) is 0 Å². The molecule has 0 aliphatic rings. The highest BCUT2D eigenvalue weighted by molar-refractivity contribution is 7.79. The third kappa shape index (κ3) is 2.94. The minimum absolute atomic E-state index is 0.248. The second-order valence-electron chi connectivity index (χ2n) is 4.40. The Kier molecular flexibility index (Phi) is 4.18. The van der Waals surface area contributed by atoms with Crippen LogP contribution in [0, 0.1) is 0 Å². The van der Waals surface area contributed by atoms with Gasteiger partial charge in [-0.15, -0.1) is 0 Å². The maximum Gasteiger partial charge on any atom is 0.148 e. The molecule has 0 unspecified atom stereocenters. The molecule has 2 aromatic rings. The summed E-state index contributed by atoms with van der Waals surface area (Å²) in [7, 11) is -2.79. The van der Waals surface area contributed by atoms with E-state index in [1.165, 1.54) is 0 Å². The summed E-state index contributed by atoms with van der Waals surface area (Å²) in [6.45, 7) is 1.68. The van der Waals surface area contributed by atoms with Crippen LogP contribution in [0.15, 0.2) is 65.8 Å². The molecule has 0 heterocycles. The summed E-state index contributed by atoms with van der Waals surface area (Å²) < 4.78 is 13.4. The minimum Gasteiger partial charge on any atom is -0.411 e. The first-order chi connectivity index (χ1) is 9.16. The second kappa shape index (κ2) is 5.85. The predicted octanol–water partition coefficient (Wildman–Crippen LogP) is 2.85. The van der Waals surface area contributed by atoms with Crippen LogP contribution in [-0.2, 0) is 4.57 Å². The highest BCUT2D eigenvalue weighted by Crippen LogP contribution is 2.43. The quantitative estimate of drug-likeness (QED) is 0.403. The standard InChI is InChI=1S/C15H16NO2P/c1-13(16-17)12-19(18,14-8-4-2-5-9-14)15-10-6-3-7-11-15/h2-11,17H,12H2,1H3/b16-13-. The van der Waals surface area contributed by atoms with Crippen LogP contribution in [0.4, 0.5) is 0 Å². The molecule has 0 aliphatic heterocycles. The Labute approximate surface area is 113 Å². The lowest BCUT2D eigenvalue weighted by Gasteiger charge is -2.18. The molecule has 0 aliphatic carbocycles. The van der Waals surface area contributed by atoms with Crippen molar-refractivity contribution in [2.45, 2.75) is 6.92 Å². The van der Waals surface area contributed by atoms with Gasteiger partial charge in [0.1, 0.15) is 7.14 Å². The summed E-state index contributed by atoms with van der Waals surface area (Å²) in [6.07, 6.45) is 0.248. The highest BCUT2D eigenvalue weighted by Gasteiger charge is 2.27. The molecule has 98 valence electrons. The van der Waals surface area contributed by atoms with Crippen LogP contribution in [-0.4, -0.2) is 17.1 Å². The molecule has 0 atom stereocenters. The van der Waals surface area contributed by atoms with E-state index in [4.69, 9.17) is 5.21 Å². The first-order valence-corrected chi connectivity index (χ1v) is 7.94. The number of hydrogen-bond acceptors (Lipinski definition) is 3. The van der Waals surface area contributed by atoms with Gasteiger partial charge in [-0.25, -0.2) is 0 Å². The first kappa shape index (κ1) is 13.6. The fraction of sp³-hybridized carbons (Fsp3) is 0.133. The van der Waals surface area contributed by atoms with Crippen molar-refractivity contribution in [3.05, 3.63) is 60.7 Å². The van der Waals surface area contributed by atoms with E-state index in [0.717, 1.165) is 10.6 Å². The monoisotopic (exact) mass is 273 g/mol. The lowest BCUT2D eigenvalue weighted by molar-refractivity contribution is 0.318. The summed E-state index contributed by atoms with van der Waals surface area (Å²) in [5.74, 6) is 0. The van der Waals surface area contributed by atoms with E-state index >= 15 is 0 Å². The summed E-state index contributed by atoms with van der Waals surface area (Å²) in [5, 5.41) is 13.6. The molecule has 2 rings (SSSR count). The molecule has 0 radical (unpaired) electrons. The molecular weight excluding hydrogens is 257 g/mol. The molecule has 1 N–H and O–H groups in total. The molecule has 19 heavy (non-hydrogen) atoms. The minimum atomic E-state index is -2.79. The van der Waals surface area contributed by atoms with Crippen molar-refractivity contribution in [3.8, 4) is 0 Å². The van der Waals surface area contributed by atoms with E-state index in [0.29, 0.717) is 5.71 Å². The summed E-state index contributed by atoms with van der Waals surface area (Å²) in [5.41, 5.74) is 0.469. The fourth-order valence-electron chi connectivity index (χ4n) is 2.02. The van der Waals surface area contributed by atoms with Gasteiger partial charge in [0.05, 0.1) is 11.9 Å². The van der Waals surface area contributed by atoms with E-state index in [1.54, 1.807) is 6.92 Å². The Bertz CT molecular complexity index is 565. The molecule has 0 fully saturated rings. The third-order valence-corrected chi connectivity index (χ3v) is 6.14. The van der Waals surface area contributed by atoms with Gasteiger partial charge < -0.3 is 9.77 Å². The van der Waals surface area contributed by atoms with Crippen LogP contribution in [0.25, 0.3) is 0 Å². The Morgan fingerprint density at radius 3 is 1.79 bits per heavy atom. The third-order valence-electron chi connectivity index (χ3n) is 2.97. The van der Waals surface area contributed by atoms with E-state index in [1.807, 2.05) is 60.7 Å². The van der Waals surface area contributed by atoms with Crippen molar-refractivity contribution in [3.63, 3.8) is 0 Å². The molecule has 4 heteroatoms. The number of rotatable bonds is 4. The largest absolute Gasteiger partial charge is 0.411 e. The van der Waals surface area contributed by atoms with Crippen molar-refractivity contribution < 1.29 is 9.77 Å². The molecule has 0 saturated heterocycles. The predicted molar refractivity (Wildman–Crippen MR) is 79.5 cm³/mol. The lowest BCUT2D eigenvalue weighted by atomic mass is 10.4. The van der Waals surface area contributed by atoms with E-state index in [9.17, 15) is 4.57 Å². The number of nitrogens with zero attached hydrogens (tertiary/aromatic N) is 1. The zero-order valence-corrected chi connectivity index (χ0v) is 11.6. The average Bonchev–Trinajstić information content (AvgIpc) is 2.48. The molecular formula is C15H16NO2P. The molecule has 2 aromatic carbocycles. The van der Waals surface area contributed by atoms with Crippen molar-refractivity contribution in [1.82, 2.24) is 0 Å². The lowest BCUT2D eigenvalue weighted by Crippen LogP contribution is -2.21. The van der Waals surface area contributed by atoms with Gasteiger partial charge in [0, 0.05) is 10.6 Å². The van der Waals surface area contributed by atoms with Gasteiger partial charge in [-0.1, -0.05) is 65.8 Å². The summed E-state index contributed by atoms with van der Waals surface area (Å²) >= 11 is 0. The number of oxime groups is 1. The molecule has 0 amide bonds. The number of hydrogen-bond donors (Lipinski definition) is 1. The highest BCUT2D eigenvalue weighted by atomic mass is 31.2. The number of benzene rings is 2. The van der Waals surface area contributed by atoms with Gasteiger partial charge >= 0.3 is 0 Å². The molecule has 0 spiro atoms. The van der Waals surface area contributed by atoms with Crippen molar-refractivity contribution >= 4 is 23.5 Å². The van der Waals surface area contributed by atoms with Gasteiger partial charge in [0.2, 0.25) is 0 Å². The molecule has 3 nitrogen and oxygen atoms in total. The topological polar surface area (TPSA) is 49.7 Å². The maximum absolute atomic E-state index is 13.4. The maximum atomic E-state index is 13.4. The van der Waals surface area contributed by atoms with Gasteiger partial charge in [-0.05, 0) is 6.92 Å². The van der Waals surface area contributed by atoms with Crippen molar-refractivity contribution in [2.75, 3.05) is 6.16 Å². The Hall–Kier alpha value is -1.86. The Morgan fingerprint density at radius 2 is 1.42 bits per heavy atom. The van der Waals surface area contributed by atoms with Crippen LogP contribution < -0.4 is 10.6 Å². The van der Waals surface area contributed by atoms with Crippen molar-refractivity contribution in [1.29, 1.82) is 0 Å². The molecule has 0 saturated carbocycles. The van der Waals surface area contributed by atoms with Crippen LogP contribution in [0.2, 0.25) is 0 Å². The SMILES string of the molecule is C/C(CP(=O)(c1ccccc1)c1ccccc1)=N/O. The van der Waals surface area contributed by atoms with E-state index < -0.39 is 7.14 Å². The zero-order valence-electron chi connectivity index (χ0n) is 10.7. The van der Waals surface area contributed by atoms with E-state index in [-0.39, 0.29) is 6.16 Å². The Morgan fingerprint density at radius 1 is 1.00 bits per heavy atom. The fourth-order valence-corrected chi connectivity index (χ4v) is 4.70. The van der Waals surface area contributed by atoms with Crippen LogP contribution >= 0.6 is 7.14 Å². The molecule has 0 bridgehead atoms. The second-order valence-corrected chi connectivity index (χ2v) is 7.23. The van der Waals surface area contributed by atoms with E-state index in [2.05, 4.69) is 5.16 Å². The van der Waals surface area contributed by atoms with Crippen LogP contribution in [0.1, 0.15) is 6.92 Å².